The number of amides is 5. The maximum Gasteiger partial charge on any atom is 0.325 e. The largest absolute Gasteiger partial charge is 0.361 e. The number of hydrogen-bond donors (Lipinski definition) is 3. The molecule has 12 nitrogen and oxygen atoms in total. The molecule has 2 saturated heterocycles. The third-order valence-electron chi connectivity index (χ3n) is 6.96. The fourth-order valence-corrected chi connectivity index (χ4v) is 5.17. The predicted octanol–water partition coefficient (Wildman–Crippen LogP) is 0.916. The van der Waals surface area contributed by atoms with Crippen molar-refractivity contribution in [2.75, 3.05) is 6.54 Å². The van der Waals surface area contributed by atoms with Gasteiger partial charge in [0, 0.05) is 19.0 Å². The van der Waals surface area contributed by atoms with Crippen molar-refractivity contribution in [3.8, 4) is 0 Å². The van der Waals surface area contributed by atoms with Gasteiger partial charge in [0.05, 0.1) is 6.04 Å². The van der Waals surface area contributed by atoms with Crippen LogP contribution in [0.15, 0.2) is 0 Å². The zero-order valence-electron chi connectivity index (χ0n) is 21.1. The van der Waals surface area contributed by atoms with E-state index in [4.69, 9.17) is 5.53 Å². The average Bonchev–Trinajstić information content (AvgIpc) is 2.96. The van der Waals surface area contributed by atoms with Crippen LogP contribution in [0.3, 0.4) is 0 Å². The fraction of sp³-hybridized carbons (Fsp3) is 0.750. The quantitative estimate of drug-likeness (QED) is 0.254. The highest BCUT2D eigenvalue weighted by atomic mass is 16.2. The fourth-order valence-electron chi connectivity index (χ4n) is 5.17. The summed E-state index contributed by atoms with van der Waals surface area (Å²) in [5.74, 6) is -1.89. The van der Waals surface area contributed by atoms with E-state index in [1.807, 2.05) is 13.8 Å². The number of carbonyl (C=O) groups is 5. The van der Waals surface area contributed by atoms with E-state index < -0.39 is 41.8 Å². The highest BCUT2D eigenvalue weighted by Crippen LogP contribution is 2.25. The van der Waals surface area contributed by atoms with Crippen molar-refractivity contribution in [2.45, 2.75) is 102 Å². The molecule has 0 spiro atoms. The second-order valence-corrected chi connectivity index (χ2v) is 10.2. The van der Waals surface area contributed by atoms with Crippen molar-refractivity contribution >= 4 is 35.8 Å². The van der Waals surface area contributed by atoms with Crippen LogP contribution in [0.1, 0.15) is 78.1 Å². The van der Waals surface area contributed by atoms with Gasteiger partial charge in [-0.25, -0.2) is 9.80 Å². The molecule has 2 heterocycles. The van der Waals surface area contributed by atoms with E-state index >= 15 is 0 Å². The van der Waals surface area contributed by atoms with Crippen molar-refractivity contribution < 1.29 is 28.8 Å². The zero-order valence-corrected chi connectivity index (χ0v) is 21.1. The van der Waals surface area contributed by atoms with Gasteiger partial charge in [-0.3, -0.25) is 24.2 Å². The summed E-state index contributed by atoms with van der Waals surface area (Å²) < 4.78 is 0. The van der Waals surface area contributed by atoms with Crippen LogP contribution in [0, 0.1) is 5.92 Å². The Bertz CT molecular complexity index is 911. The monoisotopic (exact) mass is 503 g/mol. The van der Waals surface area contributed by atoms with Crippen molar-refractivity contribution in [2.24, 2.45) is 5.92 Å². The molecule has 0 aromatic carbocycles. The smallest absolute Gasteiger partial charge is 0.325 e. The van der Waals surface area contributed by atoms with Gasteiger partial charge in [0.25, 0.3) is 11.7 Å². The molecule has 1 saturated carbocycles. The van der Waals surface area contributed by atoms with Crippen LogP contribution in [0.5, 0.6) is 0 Å². The van der Waals surface area contributed by atoms with E-state index in [2.05, 4.69) is 20.7 Å². The molecule has 3 aliphatic rings. The molecule has 0 aromatic heterocycles. The highest BCUT2D eigenvalue weighted by Gasteiger charge is 2.45. The van der Waals surface area contributed by atoms with Gasteiger partial charge >= 0.3 is 12.2 Å². The SMILES string of the molecule is CC(C)C[C@H](NC(=O)[C@@H]1CCCN2C(=O)CC[C@H](NC(=O)NC3CCCCC3)C(=O)N12)C(=O)C=[N+]=[N-]. The summed E-state index contributed by atoms with van der Waals surface area (Å²) in [5, 5.41) is 10.8. The Morgan fingerprint density at radius 1 is 1.06 bits per heavy atom. The lowest BCUT2D eigenvalue weighted by molar-refractivity contribution is -0.176. The molecule has 3 atom stereocenters. The number of ketones is 1. The average molecular weight is 504 g/mol. The molecule has 3 N–H and O–H groups in total. The first-order valence-corrected chi connectivity index (χ1v) is 12.9. The molecular formula is C24H37N7O5. The lowest BCUT2D eigenvalue weighted by Crippen LogP contribution is -2.65. The maximum absolute atomic E-state index is 13.6. The summed E-state index contributed by atoms with van der Waals surface area (Å²) in [6, 6.07) is -3.29. The van der Waals surface area contributed by atoms with E-state index in [-0.39, 0.29) is 30.7 Å². The van der Waals surface area contributed by atoms with Gasteiger partial charge in [-0.2, -0.15) is 4.79 Å². The molecule has 0 aromatic rings. The second-order valence-electron chi connectivity index (χ2n) is 10.2. The van der Waals surface area contributed by atoms with E-state index in [9.17, 15) is 24.0 Å². The van der Waals surface area contributed by atoms with Gasteiger partial charge in [0.1, 0.15) is 12.1 Å². The number of hydrazine groups is 1. The molecule has 1 aliphatic carbocycles. The number of carbonyl (C=O) groups excluding carboxylic acids is 5. The van der Waals surface area contributed by atoms with Crippen molar-refractivity contribution in [1.82, 2.24) is 26.0 Å². The molecule has 198 valence electrons. The minimum absolute atomic E-state index is 0.0594. The number of urea groups is 1. The van der Waals surface area contributed by atoms with E-state index in [0.717, 1.165) is 43.3 Å². The van der Waals surface area contributed by atoms with Gasteiger partial charge in [-0.15, -0.1) is 0 Å². The van der Waals surface area contributed by atoms with Crippen LogP contribution < -0.4 is 16.0 Å². The second kappa shape index (κ2) is 12.6. The molecule has 3 fully saturated rings. The first-order valence-electron chi connectivity index (χ1n) is 12.9. The normalized spacial score (nSPS) is 23.8. The highest BCUT2D eigenvalue weighted by molar-refractivity contribution is 6.28. The van der Waals surface area contributed by atoms with Gasteiger partial charge < -0.3 is 21.5 Å². The van der Waals surface area contributed by atoms with Crippen LogP contribution in [0.2, 0.25) is 0 Å². The topological polar surface area (TPSA) is 164 Å². The summed E-state index contributed by atoms with van der Waals surface area (Å²) in [6.45, 7) is 4.06. The molecule has 2 aliphatic heterocycles. The number of rotatable bonds is 8. The molecule has 0 bridgehead atoms. The molecule has 12 heteroatoms. The maximum atomic E-state index is 13.6. The number of hydrogen-bond acceptors (Lipinski definition) is 5. The summed E-state index contributed by atoms with van der Waals surface area (Å²) >= 11 is 0. The lowest BCUT2D eigenvalue weighted by Gasteiger charge is -2.43. The van der Waals surface area contributed by atoms with Crippen LogP contribution in [-0.4, -0.2) is 81.3 Å². The van der Waals surface area contributed by atoms with Gasteiger partial charge in [-0.1, -0.05) is 33.1 Å². The van der Waals surface area contributed by atoms with Gasteiger partial charge in [-0.05, 0) is 44.4 Å². The molecule has 0 unspecified atom stereocenters. The molecular weight excluding hydrogens is 466 g/mol. The van der Waals surface area contributed by atoms with Gasteiger partial charge in [0.15, 0.2) is 0 Å². The number of nitrogens with one attached hydrogen (secondary N) is 3. The molecule has 3 rings (SSSR count). The Labute approximate surface area is 211 Å². The van der Waals surface area contributed by atoms with Gasteiger partial charge in [0.2, 0.25) is 11.8 Å². The summed E-state index contributed by atoms with van der Waals surface area (Å²) in [5.41, 5.74) is 8.76. The zero-order chi connectivity index (χ0) is 26.2. The molecule has 0 radical (unpaired) electrons. The minimum atomic E-state index is -1.01. The van der Waals surface area contributed by atoms with Crippen molar-refractivity contribution in [3.05, 3.63) is 5.53 Å². The first-order chi connectivity index (χ1) is 17.2. The van der Waals surface area contributed by atoms with Crippen LogP contribution in [-0.2, 0) is 19.2 Å². The van der Waals surface area contributed by atoms with E-state index in [1.165, 1.54) is 5.01 Å². The minimum Gasteiger partial charge on any atom is -0.361 e. The predicted molar refractivity (Wildman–Crippen MR) is 129 cm³/mol. The first kappa shape index (κ1) is 27.3. The molecule has 36 heavy (non-hydrogen) atoms. The Morgan fingerprint density at radius 2 is 1.78 bits per heavy atom. The summed E-state index contributed by atoms with van der Waals surface area (Å²) in [6.07, 6.45) is 7.09. The lowest BCUT2D eigenvalue weighted by atomic mass is 9.96. The molecule has 5 amide bonds. The Morgan fingerprint density at radius 3 is 2.44 bits per heavy atom. The van der Waals surface area contributed by atoms with Crippen LogP contribution >= 0.6 is 0 Å². The van der Waals surface area contributed by atoms with Crippen LogP contribution in [0.4, 0.5) is 4.79 Å². The number of Topliss-reactive ketones (excluding diaryl/α,β-unsaturated/α-hetero) is 1. The van der Waals surface area contributed by atoms with Crippen molar-refractivity contribution in [1.29, 1.82) is 0 Å². The standard InChI is InChI=1S/C24H37N7O5/c1-15(2)13-18(20(32)14-26-25)28-22(34)19-9-6-12-30-21(33)11-10-17(23(35)31(19)30)29-24(36)27-16-7-4-3-5-8-16/h14-19H,3-13H2,1-2H3,(H,28,34)(H2,27,29,36)/t17-,18-,19-/m0/s1. The van der Waals surface area contributed by atoms with Crippen molar-refractivity contribution in [3.63, 3.8) is 0 Å². The number of fused-ring (bicyclic) bond motifs is 1. The third kappa shape index (κ3) is 6.90. The Balaban J connectivity index is 1.75. The third-order valence-corrected chi connectivity index (χ3v) is 6.96. The Kier molecular flexibility index (Phi) is 9.58. The van der Waals surface area contributed by atoms with E-state index in [1.54, 1.807) is 0 Å². The van der Waals surface area contributed by atoms with Crippen LogP contribution in [0.25, 0.3) is 5.53 Å². The number of nitrogens with zero attached hydrogens (tertiary/aromatic N) is 4. The summed E-state index contributed by atoms with van der Waals surface area (Å²) in [7, 11) is 0. The summed E-state index contributed by atoms with van der Waals surface area (Å²) in [4.78, 5) is 67.5. The van der Waals surface area contributed by atoms with E-state index in [0.29, 0.717) is 25.8 Å². The Hall–Kier alpha value is -3.27.